The number of fused-ring (bicyclic) bond motifs is 1. The monoisotopic (exact) mass is 323 g/mol. The fourth-order valence-electron chi connectivity index (χ4n) is 3.69. The minimum atomic E-state index is -0.102. The summed E-state index contributed by atoms with van der Waals surface area (Å²) in [5.41, 5.74) is 4.24. The van der Waals surface area contributed by atoms with Crippen LogP contribution in [-0.2, 0) is 6.54 Å². The SMILES string of the molecule is Cc1nc(C2CCN(Cc3ccccc3F)CC2)cn2cccc12. The molecule has 3 heterocycles. The number of rotatable bonds is 3. The Hall–Kier alpha value is -2.20. The lowest BCUT2D eigenvalue weighted by atomic mass is 9.93. The summed E-state index contributed by atoms with van der Waals surface area (Å²) in [5, 5.41) is 0. The van der Waals surface area contributed by atoms with Crippen LogP contribution in [0, 0.1) is 12.7 Å². The number of benzene rings is 1. The number of hydrogen-bond donors (Lipinski definition) is 0. The molecule has 1 aromatic carbocycles. The lowest BCUT2D eigenvalue weighted by Gasteiger charge is -2.32. The minimum absolute atomic E-state index is 0.102. The third-order valence-corrected chi connectivity index (χ3v) is 5.08. The van der Waals surface area contributed by atoms with Crippen molar-refractivity contribution in [2.24, 2.45) is 0 Å². The molecule has 0 spiro atoms. The Morgan fingerprint density at radius 2 is 1.92 bits per heavy atom. The van der Waals surface area contributed by atoms with Crippen molar-refractivity contribution in [3.05, 3.63) is 71.6 Å². The molecule has 0 amide bonds. The molecular weight excluding hydrogens is 301 g/mol. The summed E-state index contributed by atoms with van der Waals surface area (Å²) in [6.45, 7) is 4.75. The molecule has 0 bridgehead atoms. The van der Waals surface area contributed by atoms with Crippen molar-refractivity contribution in [1.29, 1.82) is 0 Å². The highest BCUT2D eigenvalue weighted by Gasteiger charge is 2.23. The van der Waals surface area contributed by atoms with Gasteiger partial charge in [-0.3, -0.25) is 9.88 Å². The van der Waals surface area contributed by atoms with Gasteiger partial charge in [-0.2, -0.15) is 0 Å². The molecule has 1 fully saturated rings. The molecule has 24 heavy (non-hydrogen) atoms. The summed E-state index contributed by atoms with van der Waals surface area (Å²) in [4.78, 5) is 7.16. The second kappa shape index (κ2) is 6.36. The third kappa shape index (κ3) is 2.94. The third-order valence-electron chi connectivity index (χ3n) is 5.08. The van der Waals surface area contributed by atoms with E-state index >= 15 is 0 Å². The van der Waals surface area contributed by atoms with Crippen molar-refractivity contribution in [1.82, 2.24) is 14.3 Å². The van der Waals surface area contributed by atoms with Crippen molar-refractivity contribution in [3.63, 3.8) is 0 Å². The van der Waals surface area contributed by atoms with E-state index < -0.39 is 0 Å². The standard InChI is InChI=1S/C20H22FN3/c1-15-20-7-4-10-24(20)14-19(22-15)16-8-11-23(12-9-16)13-17-5-2-3-6-18(17)21/h2-7,10,14,16H,8-9,11-13H2,1H3. The van der Waals surface area contributed by atoms with Crippen molar-refractivity contribution in [3.8, 4) is 0 Å². The Morgan fingerprint density at radius 1 is 1.12 bits per heavy atom. The van der Waals surface area contributed by atoms with Gasteiger partial charge in [0.15, 0.2) is 0 Å². The van der Waals surface area contributed by atoms with E-state index in [1.807, 2.05) is 12.1 Å². The number of nitrogens with zero attached hydrogens (tertiary/aromatic N) is 3. The van der Waals surface area contributed by atoms with Crippen LogP contribution in [0.5, 0.6) is 0 Å². The van der Waals surface area contributed by atoms with Crippen molar-refractivity contribution < 1.29 is 4.39 Å². The molecule has 1 saturated heterocycles. The zero-order chi connectivity index (χ0) is 16.5. The first kappa shape index (κ1) is 15.3. The maximum atomic E-state index is 13.8. The number of aryl methyl sites for hydroxylation is 1. The average molecular weight is 323 g/mol. The average Bonchev–Trinajstić information content (AvgIpc) is 3.07. The number of hydrogen-bond acceptors (Lipinski definition) is 2. The van der Waals surface area contributed by atoms with Crippen molar-refractivity contribution >= 4 is 5.52 Å². The van der Waals surface area contributed by atoms with Crippen LogP contribution in [-0.4, -0.2) is 27.4 Å². The Morgan fingerprint density at radius 3 is 2.71 bits per heavy atom. The van der Waals surface area contributed by atoms with Crippen molar-refractivity contribution in [2.75, 3.05) is 13.1 Å². The summed E-state index contributed by atoms with van der Waals surface area (Å²) >= 11 is 0. The van der Waals surface area contributed by atoms with Crippen LogP contribution < -0.4 is 0 Å². The van der Waals surface area contributed by atoms with E-state index in [4.69, 9.17) is 4.98 Å². The normalized spacial score (nSPS) is 16.8. The molecule has 0 atom stereocenters. The van der Waals surface area contributed by atoms with E-state index in [9.17, 15) is 4.39 Å². The predicted octanol–water partition coefficient (Wildman–Crippen LogP) is 4.16. The van der Waals surface area contributed by atoms with Gasteiger partial charge in [0.25, 0.3) is 0 Å². The first-order valence-corrected chi connectivity index (χ1v) is 8.60. The second-order valence-electron chi connectivity index (χ2n) is 6.69. The Bertz CT molecular complexity index is 847. The van der Waals surface area contributed by atoms with Gasteiger partial charge in [0.05, 0.1) is 16.9 Å². The lowest BCUT2D eigenvalue weighted by Crippen LogP contribution is -2.33. The molecule has 0 radical (unpaired) electrons. The van der Waals surface area contributed by atoms with Crippen LogP contribution in [0.3, 0.4) is 0 Å². The van der Waals surface area contributed by atoms with Gasteiger partial charge in [-0.25, -0.2) is 4.39 Å². The van der Waals surface area contributed by atoms with Gasteiger partial charge >= 0.3 is 0 Å². The fraction of sp³-hybridized carbons (Fsp3) is 0.350. The van der Waals surface area contributed by atoms with Crippen LogP contribution in [0.25, 0.3) is 5.52 Å². The van der Waals surface area contributed by atoms with Crippen LogP contribution in [0.2, 0.25) is 0 Å². The summed E-state index contributed by atoms with van der Waals surface area (Å²) < 4.78 is 16.0. The topological polar surface area (TPSA) is 20.5 Å². The Kier molecular flexibility index (Phi) is 4.07. The van der Waals surface area contributed by atoms with Gasteiger partial charge in [0, 0.05) is 30.4 Å². The fourth-order valence-corrected chi connectivity index (χ4v) is 3.69. The largest absolute Gasteiger partial charge is 0.320 e. The zero-order valence-corrected chi connectivity index (χ0v) is 14.0. The molecule has 1 aliphatic rings. The maximum absolute atomic E-state index is 13.8. The number of aromatic nitrogens is 2. The Labute approximate surface area is 141 Å². The molecule has 3 aromatic rings. The highest BCUT2D eigenvalue weighted by atomic mass is 19.1. The van der Waals surface area contributed by atoms with E-state index in [2.05, 4.69) is 40.8 Å². The van der Waals surface area contributed by atoms with Gasteiger partial charge in [0.1, 0.15) is 5.82 Å². The van der Waals surface area contributed by atoms with E-state index in [0.717, 1.165) is 37.2 Å². The van der Waals surface area contributed by atoms with Gasteiger partial charge in [-0.15, -0.1) is 0 Å². The van der Waals surface area contributed by atoms with E-state index in [1.165, 1.54) is 11.2 Å². The molecule has 0 N–H and O–H groups in total. The first-order valence-electron chi connectivity index (χ1n) is 8.60. The van der Waals surface area contributed by atoms with Gasteiger partial charge < -0.3 is 4.40 Å². The second-order valence-corrected chi connectivity index (χ2v) is 6.69. The van der Waals surface area contributed by atoms with E-state index in [0.29, 0.717) is 12.5 Å². The van der Waals surface area contributed by atoms with Crippen LogP contribution in [0.1, 0.15) is 35.7 Å². The molecule has 3 nitrogen and oxygen atoms in total. The van der Waals surface area contributed by atoms with E-state index in [-0.39, 0.29) is 5.82 Å². The molecule has 4 heteroatoms. The highest BCUT2D eigenvalue weighted by Crippen LogP contribution is 2.28. The first-order chi connectivity index (χ1) is 11.7. The number of piperidine rings is 1. The summed E-state index contributed by atoms with van der Waals surface area (Å²) in [6, 6.07) is 11.2. The van der Waals surface area contributed by atoms with Crippen molar-refractivity contribution in [2.45, 2.75) is 32.2 Å². The summed E-state index contributed by atoms with van der Waals surface area (Å²) in [6.07, 6.45) is 6.40. The highest BCUT2D eigenvalue weighted by molar-refractivity contribution is 5.52. The molecule has 1 aliphatic heterocycles. The molecular formula is C20H22FN3. The molecule has 0 unspecified atom stereocenters. The van der Waals surface area contributed by atoms with E-state index in [1.54, 1.807) is 12.1 Å². The molecule has 2 aromatic heterocycles. The van der Waals surface area contributed by atoms with Crippen LogP contribution in [0.4, 0.5) is 4.39 Å². The molecule has 0 saturated carbocycles. The smallest absolute Gasteiger partial charge is 0.127 e. The summed E-state index contributed by atoms with van der Waals surface area (Å²) in [7, 11) is 0. The van der Waals surface area contributed by atoms with Gasteiger partial charge in [-0.05, 0) is 51.1 Å². The zero-order valence-electron chi connectivity index (χ0n) is 14.0. The number of halogens is 1. The maximum Gasteiger partial charge on any atom is 0.127 e. The summed E-state index contributed by atoms with van der Waals surface area (Å²) in [5.74, 6) is 0.391. The minimum Gasteiger partial charge on any atom is -0.320 e. The van der Waals surface area contributed by atoms with Gasteiger partial charge in [-0.1, -0.05) is 18.2 Å². The molecule has 124 valence electrons. The number of likely N-dealkylation sites (tertiary alicyclic amines) is 1. The molecule has 4 rings (SSSR count). The lowest BCUT2D eigenvalue weighted by molar-refractivity contribution is 0.201. The Balaban J connectivity index is 1.44. The van der Waals surface area contributed by atoms with Gasteiger partial charge in [0.2, 0.25) is 0 Å². The quantitative estimate of drug-likeness (QED) is 0.721. The molecule has 0 aliphatic carbocycles. The van der Waals surface area contributed by atoms with Crippen LogP contribution >= 0.6 is 0 Å². The van der Waals surface area contributed by atoms with Crippen LogP contribution in [0.15, 0.2) is 48.8 Å². The predicted molar refractivity (Wildman–Crippen MR) is 93.6 cm³/mol.